The lowest BCUT2D eigenvalue weighted by molar-refractivity contribution is 0.445. The lowest BCUT2D eigenvalue weighted by atomic mass is 10.2. The van der Waals surface area contributed by atoms with Crippen molar-refractivity contribution in [3.63, 3.8) is 0 Å². The Morgan fingerprint density at radius 2 is 0.784 bits per heavy atom. The van der Waals surface area contributed by atoms with E-state index >= 15 is 0 Å². The van der Waals surface area contributed by atoms with E-state index in [1.54, 1.807) is 0 Å². The summed E-state index contributed by atoms with van der Waals surface area (Å²) >= 11 is 0. The molecule has 0 aliphatic carbocycles. The summed E-state index contributed by atoms with van der Waals surface area (Å²) in [5, 5.41) is 14.3. The second-order valence-electron chi connectivity index (χ2n) is 10.5. The molecule has 37 heavy (non-hydrogen) atoms. The quantitative estimate of drug-likeness (QED) is 0.241. The molecule has 0 spiro atoms. The van der Waals surface area contributed by atoms with E-state index in [1.807, 2.05) is 0 Å². The van der Waals surface area contributed by atoms with Crippen LogP contribution in [0.5, 0.6) is 0 Å². The van der Waals surface area contributed by atoms with Gasteiger partial charge in [0.05, 0.1) is 11.4 Å². The molecule has 5 aromatic rings. The minimum Gasteiger partial charge on any atom is -0.247 e. The monoisotopic (exact) mass is 504 g/mol. The van der Waals surface area contributed by atoms with Gasteiger partial charge < -0.3 is 0 Å². The van der Waals surface area contributed by atoms with Crippen molar-refractivity contribution in [2.24, 2.45) is 0 Å². The predicted molar refractivity (Wildman–Crippen MR) is 156 cm³/mol. The van der Waals surface area contributed by atoms with Crippen molar-refractivity contribution in [1.29, 1.82) is 0 Å². The molecule has 0 N–H and O–H groups in total. The van der Waals surface area contributed by atoms with Crippen LogP contribution < -0.4 is 15.6 Å². The lowest BCUT2D eigenvalue weighted by Crippen LogP contribution is -2.73. The minimum atomic E-state index is -2.84. The summed E-state index contributed by atoms with van der Waals surface area (Å²) in [5.41, 5.74) is 8.08. The fourth-order valence-corrected chi connectivity index (χ4v) is 10.9. The minimum absolute atomic E-state index is 0.136. The van der Waals surface area contributed by atoms with Crippen molar-refractivity contribution in [1.82, 2.24) is 19.6 Å². The van der Waals surface area contributed by atoms with E-state index in [2.05, 4.69) is 143 Å². The van der Waals surface area contributed by atoms with Crippen molar-refractivity contribution >= 4 is 23.6 Å². The van der Waals surface area contributed by atoms with E-state index in [4.69, 9.17) is 10.2 Å². The molecule has 188 valence electrons. The highest BCUT2D eigenvalue weighted by molar-refractivity contribution is 7.11. The number of nitrogens with zero attached hydrogens (tertiary/aromatic N) is 4. The molecule has 0 unspecified atom stereocenters. The first kappa shape index (κ1) is 25.0. The maximum atomic E-state index is 5.12. The molecule has 5 rings (SSSR count). The summed E-state index contributed by atoms with van der Waals surface area (Å²) in [6, 6.07) is 31.9. The van der Waals surface area contributed by atoms with Crippen molar-refractivity contribution in [2.45, 2.75) is 54.3 Å². The van der Waals surface area contributed by atoms with E-state index in [0.717, 1.165) is 22.8 Å². The van der Waals surface area contributed by atoms with Crippen molar-refractivity contribution in [3.05, 3.63) is 124 Å². The van der Waals surface area contributed by atoms with E-state index in [-0.39, 0.29) is 5.79 Å². The van der Waals surface area contributed by atoms with Crippen molar-refractivity contribution in [3.8, 4) is 0 Å². The van der Waals surface area contributed by atoms with Gasteiger partial charge in [0.25, 0.3) is 0 Å². The van der Waals surface area contributed by atoms with Gasteiger partial charge in [-0.15, -0.1) is 0 Å². The molecule has 2 aromatic heterocycles. The van der Waals surface area contributed by atoms with E-state index in [9.17, 15) is 0 Å². The van der Waals surface area contributed by atoms with E-state index in [0.29, 0.717) is 0 Å². The average molecular weight is 505 g/mol. The maximum absolute atomic E-state index is 5.12. The van der Waals surface area contributed by atoms with Gasteiger partial charge in [0, 0.05) is 11.4 Å². The maximum Gasteiger partial charge on any atom is 0.201 e. The molecule has 4 nitrogen and oxygen atoms in total. The van der Waals surface area contributed by atoms with Crippen LogP contribution in [0.25, 0.3) is 0 Å². The van der Waals surface area contributed by atoms with Crippen LogP contribution in [0.15, 0.2) is 84.9 Å². The number of aromatic nitrogens is 4. The number of aryl methyl sites for hydroxylation is 7. The Morgan fingerprint density at radius 3 is 1.03 bits per heavy atom. The zero-order chi connectivity index (χ0) is 26.3. The molecular formula is C32H36N4Si. The van der Waals surface area contributed by atoms with Crippen LogP contribution in [-0.2, 0) is 0 Å². The highest BCUT2D eigenvalue weighted by atomic mass is 28.3. The van der Waals surface area contributed by atoms with Gasteiger partial charge in [-0.1, -0.05) is 89.5 Å². The average Bonchev–Trinajstić information content (AvgIpc) is 3.38. The molecule has 0 bridgehead atoms. The molecular weight excluding hydrogens is 468 g/mol. The first-order chi connectivity index (χ1) is 17.7. The van der Waals surface area contributed by atoms with E-state index in [1.165, 1.54) is 32.3 Å². The summed E-state index contributed by atoms with van der Waals surface area (Å²) in [6.07, 6.45) is 0. The standard InChI is InChI=1S/C32H36N4Si/c1-22-8-14-29(15-9-22)37(30-16-10-23(2)11-17-30,31-18-12-24(3)13-19-31)32(35-27(6)20-25(4)33-35)36-28(7)21-26(5)34-36/h8-21,32H,1-7H3. The van der Waals surface area contributed by atoms with Crippen LogP contribution in [0.1, 0.15) is 45.3 Å². The molecule has 0 atom stereocenters. The largest absolute Gasteiger partial charge is 0.247 e. The molecule has 0 saturated heterocycles. The molecule has 0 aliphatic rings. The Balaban J connectivity index is 1.99. The number of benzene rings is 3. The van der Waals surface area contributed by atoms with Gasteiger partial charge in [0.15, 0.2) is 0 Å². The van der Waals surface area contributed by atoms with Crippen LogP contribution in [0.2, 0.25) is 0 Å². The van der Waals surface area contributed by atoms with Crippen LogP contribution in [-0.4, -0.2) is 27.6 Å². The first-order valence-electron chi connectivity index (χ1n) is 13.0. The molecule has 0 saturated carbocycles. The first-order valence-corrected chi connectivity index (χ1v) is 15.0. The summed E-state index contributed by atoms with van der Waals surface area (Å²) < 4.78 is 4.47. The highest BCUT2D eigenvalue weighted by Gasteiger charge is 2.50. The number of rotatable bonds is 6. The van der Waals surface area contributed by atoms with E-state index < -0.39 is 8.07 Å². The van der Waals surface area contributed by atoms with Gasteiger partial charge >= 0.3 is 0 Å². The molecule has 5 heteroatoms. The zero-order valence-corrected chi connectivity index (χ0v) is 23.9. The van der Waals surface area contributed by atoms with Crippen molar-refractivity contribution in [2.75, 3.05) is 0 Å². The Morgan fingerprint density at radius 1 is 0.486 bits per heavy atom. The van der Waals surface area contributed by atoms with Gasteiger partial charge in [-0.05, 0) is 76.2 Å². The van der Waals surface area contributed by atoms with Crippen molar-refractivity contribution < 1.29 is 0 Å². The second kappa shape index (κ2) is 9.64. The Kier molecular flexibility index (Phi) is 6.50. The molecule has 0 aliphatic heterocycles. The van der Waals surface area contributed by atoms with Gasteiger partial charge in [0.2, 0.25) is 8.07 Å². The Labute approximate surface area is 221 Å². The van der Waals surface area contributed by atoms with Gasteiger partial charge in [-0.2, -0.15) is 10.2 Å². The summed E-state index contributed by atoms with van der Waals surface area (Å²) in [6.45, 7) is 15.0. The molecule has 3 aromatic carbocycles. The van der Waals surface area contributed by atoms with Gasteiger partial charge in [-0.25, -0.2) is 9.36 Å². The molecule has 0 radical (unpaired) electrons. The SMILES string of the molecule is Cc1ccc([Si](c2ccc(C)cc2)(c2ccc(C)cc2)C(n2nc(C)cc2C)n2nc(C)cc2C)cc1. The smallest absolute Gasteiger partial charge is 0.201 e. The zero-order valence-electron chi connectivity index (χ0n) is 22.9. The third kappa shape index (κ3) is 4.38. The summed E-state index contributed by atoms with van der Waals surface area (Å²) in [7, 11) is -2.84. The Hall–Kier alpha value is -3.70. The molecule has 2 heterocycles. The number of hydrogen-bond acceptors (Lipinski definition) is 2. The fourth-order valence-electron chi connectivity index (χ4n) is 5.65. The number of hydrogen-bond donors (Lipinski definition) is 0. The van der Waals surface area contributed by atoms with Crippen LogP contribution in [0, 0.1) is 48.5 Å². The normalized spacial score (nSPS) is 11.9. The Bertz CT molecular complexity index is 1370. The highest BCUT2D eigenvalue weighted by Crippen LogP contribution is 2.28. The molecule has 0 fully saturated rings. The van der Waals surface area contributed by atoms with Crippen LogP contribution in [0.4, 0.5) is 0 Å². The summed E-state index contributed by atoms with van der Waals surface area (Å²) in [5.74, 6) is -0.136. The van der Waals surface area contributed by atoms with Crippen LogP contribution >= 0.6 is 0 Å². The third-order valence-corrected chi connectivity index (χ3v) is 12.5. The van der Waals surface area contributed by atoms with Crippen LogP contribution in [0.3, 0.4) is 0 Å². The lowest BCUT2D eigenvalue weighted by Gasteiger charge is -2.41. The molecule has 0 amide bonds. The second-order valence-corrected chi connectivity index (χ2v) is 14.4. The fraction of sp³-hybridized carbons (Fsp3) is 0.250. The summed E-state index contributed by atoms with van der Waals surface area (Å²) in [4.78, 5) is 0. The predicted octanol–water partition coefficient (Wildman–Crippen LogP) is 5.00. The van der Waals surface area contributed by atoms with Gasteiger partial charge in [-0.3, -0.25) is 0 Å². The third-order valence-electron chi connectivity index (χ3n) is 7.46. The van der Waals surface area contributed by atoms with Gasteiger partial charge in [0.1, 0.15) is 5.79 Å². The topological polar surface area (TPSA) is 35.6 Å².